The molecule has 0 saturated heterocycles. The Morgan fingerprint density at radius 2 is 1.83 bits per heavy atom. The van der Waals surface area contributed by atoms with Crippen LogP contribution in [-0.2, 0) is 0 Å². The maximum Gasteiger partial charge on any atom is 0.255 e. The van der Waals surface area contributed by atoms with Crippen LogP contribution in [0.2, 0.25) is 0 Å². The quantitative estimate of drug-likeness (QED) is 0.553. The van der Waals surface area contributed by atoms with Crippen molar-refractivity contribution < 1.29 is 9.53 Å². The van der Waals surface area contributed by atoms with Gasteiger partial charge in [0.1, 0.15) is 11.6 Å². The van der Waals surface area contributed by atoms with Crippen LogP contribution < -0.4 is 10.1 Å². The van der Waals surface area contributed by atoms with Crippen molar-refractivity contribution in [1.29, 1.82) is 0 Å². The molecule has 29 heavy (non-hydrogen) atoms. The van der Waals surface area contributed by atoms with Gasteiger partial charge in [0.15, 0.2) is 5.82 Å². The summed E-state index contributed by atoms with van der Waals surface area (Å²) in [5.74, 6) is 2.32. The fourth-order valence-corrected chi connectivity index (χ4v) is 2.83. The number of nitrogens with zero attached hydrogens (tertiary/aromatic N) is 4. The van der Waals surface area contributed by atoms with Crippen molar-refractivity contribution in [2.75, 3.05) is 5.32 Å². The number of aryl methyl sites for hydroxylation is 2. The van der Waals surface area contributed by atoms with Crippen molar-refractivity contribution in [3.8, 4) is 17.4 Å². The number of rotatable bonds is 5. The Hall–Kier alpha value is -4.00. The molecule has 0 bridgehead atoms. The molecule has 4 aromatic rings. The van der Waals surface area contributed by atoms with Crippen LogP contribution in [0.3, 0.4) is 0 Å². The fourth-order valence-electron chi connectivity index (χ4n) is 2.83. The molecule has 0 fully saturated rings. The lowest BCUT2D eigenvalue weighted by atomic mass is 10.1. The number of hydrogen-bond donors (Lipinski definition) is 1. The summed E-state index contributed by atoms with van der Waals surface area (Å²) in [7, 11) is 0. The van der Waals surface area contributed by atoms with E-state index in [-0.39, 0.29) is 5.91 Å². The third-order valence-corrected chi connectivity index (χ3v) is 4.31. The first kappa shape index (κ1) is 18.4. The summed E-state index contributed by atoms with van der Waals surface area (Å²) in [5, 5.41) is 11.1. The first-order chi connectivity index (χ1) is 14.1. The second-order valence-electron chi connectivity index (χ2n) is 6.52. The third-order valence-electron chi connectivity index (χ3n) is 4.31. The number of amides is 1. The van der Waals surface area contributed by atoms with Crippen LogP contribution in [0.5, 0.6) is 11.6 Å². The lowest BCUT2D eigenvalue weighted by Gasteiger charge is -2.08. The van der Waals surface area contributed by atoms with Gasteiger partial charge in [-0.25, -0.2) is 4.98 Å². The summed E-state index contributed by atoms with van der Waals surface area (Å²) < 4.78 is 7.57. The van der Waals surface area contributed by atoms with E-state index < -0.39 is 0 Å². The second kappa shape index (κ2) is 7.93. The summed E-state index contributed by atoms with van der Waals surface area (Å²) in [6.45, 7) is 3.85. The van der Waals surface area contributed by atoms with Crippen molar-refractivity contribution in [3.05, 3.63) is 90.0 Å². The summed E-state index contributed by atoms with van der Waals surface area (Å²) in [4.78, 5) is 16.5. The molecule has 0 aliphatic carbocycles. The SMILES string of the molecule is Cc1cccc(C(=O)Nc2ccc(Oc3ccc(-n4ccnc4C)nn3)cc2)c1. The third kappa shape index (κ3) is 4.30. The number of hydrogen-bond acceptors (Lipinski definition) is 5. The predicted molar refractivity (Wildman–Crippen MR) is 110 cm³/mol. The molecule has 0 unspecified atom stereocenters. The molecular weight excluding hydrogens is 366 g/mol. The molecule has 2 heterocycles. The van der Waals surface area contributed by atoms with Gasteiger partial charge in [-0.05, 0) is 56.3 Å². The Morgan fingerprint density at radius 1 is 1.00 bits per heavy atom. The molecule has 0 atom stereocenters. The van der Waals surface area contributed by atoms with Crippen molar-refractivity contribution >= 4 is 11.6 Å². The molecule has 0 spiro atoms. The van der Waals surface area contributed by atoms with Gasteiger partial charge in [-0.15, -0.1) is 10.2 Å². The zero-order chi connectivity index (χ0) is 20.2. The minimum absolute atomic E-state index is 0.154. The van der Waals surface area contributed by atoms with Gasteiger partial charge < -0.3 is 10.1 Å². The molecule has 0 saturated carbocycles. The zero-order valence-electron chi connectivity index (χ0n) is 16.0. The van der Waals surface area contributed by atoms with Gasteiger partial charge in [-0.3, -0.25) is 9.36 Å². The van der Waals surface area contributed by atoms with Gasteiger partial charge in [0.2, 0.25) is 5.88 Å². The molecule has 1 amide bonds. The highest BCUT2D eigenvalue weighted by molar-refractivity contribution is 6.04. The largest absolute Gasteiger partial charge is 0.438 e. The molecule has 4 rings (SSSR count). The fraction of sp³-hybridized carbons (Fsp3) is 0.0909. The van der Waals surface area contributed by atoms with E-state index in [9.17, 15) is 4.79 Å². The number of aromatic nitrogens is 4. The lowest BCUT2D eigenvalue weighted by molar-refractivity contribution is 0.102. The summed E-state index contributed by atoms with van der Waals surface area (Å²) in [5.41, 5.74) is 2.34. The van der Waals surface area contributed by atoms with Gasteiger partial charge in [0, 0.05) is 29.7 Å². The van der Waals surface area contributed by atoms with E-state index in [0.29, 0.717) is 28.7 Å². The van der Waals surface area contributed by atoms with Crippen LogP contribution in [-0.4, -0.2) is 25.7 Å². The smallest absolute Gasteiger partial charge is 0.255 e. The summed E-state index contributed by atoms with van der Waals surface area (Å²) in [6.07, 6.45) is 3.53. The number of imidazole rings is 1. The van der Waals surface area contributed by atoms with Crippen LogP contribution in [0.4, 0.5) is 5.69 Å². The monoisotopic (exact) mass is 385 g/mol. The first-order valence-electron chi connectivity index (χ1n) is 9.08. The molecule has 0 aliphatic heterocycles. The molecule has 1 N–H and O–H groups in total. The van der Waals surface area contributed by atoms with Crippen LogP contribution in [0, 0.1) is 13.8 Å². The second-order valence-corrected chi connectivity index (χ2v) is 6.52. The maximum atomic E-state index is 12.3. The number of anilines is 1. The minimum Gasteiger partial charge on any atom is -0.438 e. The normalized spacial score (nSPS) is 10.6. The highest BCUT2D eigenvalue weighted by Gasteiger charge is 2.07. The molecule has 2 aromatic carbocycles. The Labute approximate surface area is 168 Å². The maximum absolute atomic E-state index is 12.3. The van der Waals surface area contributed by atoms with Crippen molar-refractivity contribution in [2.24, 2.45) is 0 Å². The Bertz CT molecular complexity index is 1130. The first-order valence-corrected chi connectivity index (χ1v) is 9.08. The highest BCUT2D eigenvalue weighted by atomic mass is 16.5. The Balaban J connectivity index is 1.40. The summed E-state index contributed by atoms with van der Waals surface area (Å²) >= 11 is 0. The van der Waals surface area contributed by atoms with Crippen LogP contribution in [0.15, 0.2) is 73.1 Å². The van der Waals surface area contributed by atoms with Crippen molar-refractivity contribution in [3.63, 3.8) is 0 Å². The van der Waals surface area contributed by atoms with E-state index in [4.69, 9.17) is 4.74 Å². The van der Waals surface area contributed by atoms with Gasteiger partial charge in [-0.2, -0.15) is 0 Å². The van der Waals surface area contributed by atoms with E-state index in [1.165, 1.54) is 0 Å². The Morgan fingerprint density at radius 3 is 2.48 bits per heavy atom. The van der Waals surface area contributed by atoms with E-state index in [0.717, 1.165) is 11.4 Å². The molecule has 2 aromatic heterocycles. The number of benzene rings is 2. The average Bonchev–Trinajstić information content (AvgIpc) is 3.16. The van der Waals surface area contributed by atoms with Crippen LogP contribution in [0.25, 0.3) is 5.82 Å². The Kier molecular flexibility index (Phi) is 5.03. The molecule has 7 nitrogen and oxygen atoms in total. The molecule has 0 aliphatic rings. The molecular formula is C22H19N5O2. The van der Waals surface area contributed by atoms with Crippen LogP contribution in [0.1, 0.15) is 21.7 Å². The van der Waals surface area contributed by atoms with Crippen LogP contribution >= 0.6 is 0 Å². The number of carbonyl (C=O) groups excluding carboxylic acids is 1. The zero-order valence-corrected chi connectivity index (χ0v) is 16.0. The van der Waals surface area contributed by atoms with E-state index in [1.54, 1.807) is 42.6 Å². The van der Waals surface area contributed by atoms with Crippen molar-refractivity contribution in [1.82, 2.24) is 19.7 Å². The van der Waals surface area contributed by atoms with E-state index in [1.807, 2.05) is 48.9 Å². The van der Waals surface area contributed by atoms with Gasteiger partial charge in [0.05, 0.1) is 0 Å². The average molecular weight is 385 g/mol. The van der Waals surface area contributed by atoms with Gasteiger partial charge in [-0.1, -0.05) is 17.7 Å². The lowest BCUT2D eigenvalue weighted by Crippen LogP contribution is -2.11. The van der Waals surface area contributed by atoms with Gasteiger partial charge in [0.25, 0.3) is 5.91 Å². The minimum atomic E-state index is -0.154. The molecule has 0 radical (unpaired) electrons. The standard InChI is InChI=1S/C22H19N5O2/c1-15-4-3-5-17(14-15)22(28)24-18-6-8-19(9-7-18)29-21-11-10-20(25-26-21)27-13-12-23-16(27)2/h3-14H,1-2H3,(H,24,28). The summed E-state index contributed by atoms with van der Waals surface area (Å²) in [6, 6.07) is 18.1. The molecule has 144 valence electrons. The van der Waals surface area contributed by atoms with E-state index in [2.05, 4.69) is 20.5 Å². The number of carbonyl (C=O) groups is 1. The number of nitrogens with one attached hydrogen (secondary N) is 1. The predicted octanol–water partition coefficient (Wildman–Crippen LogP) is 4.32. The van der Waals surface area contributed by atoms with E-state index >= 15 is 0 Å². The topological polar surface area (TPSA) is 81.9 Å². The van der Waals surface area contributed by atoms with Crippen molar-refractivity contribution in [2.45, 2.75) is 13.8 Å². The highest BCUT2D eigenvalue weighted by Crippen LogP contribution is 2.22. The molecule has 7 heteroatoms. The number of ether oxygens (including phenoxy) is 1. The van der Waals surface area contributed by atoms with Gasteiger partial charge >= 0.3 is 0 Å².